The molecule has 25 heavy (non-hydrogen) atoms. The first kappa shape index (κ1) is 16.8. The first-order valence-corrected chi connectivity index (χ1v) is 8.21. The van der Waals surface area contributed by atoms with Crippen molar-refractivity contribution in [3.8, 4) is 11.5 Å². The molecule has 0 fully saturated rings. The van der Waals surface area contributed by atoms with Gasteiger partial charge in [0.15, 0.2) is 0 Å². The van der Waals surface area contributed by atoms with Crippen LogP contribution in [0.1, 0.15) is 36.0 Å². The van der Waals surface area contributed by atoms with Crippen molar-refractivity contribution in [1.82, 2.24) is 25.0 Å². The molecule has 0 saturated carbocycles. The zero-order chi connectivity index (χ0) is 17.5. The lowest BCUT2D eigenvalue weighted by atomic mass is 10.2. The predicted molar refractivity (Wildman–Crippen MR) is 91.4 cm³/mol. The van der Waals surface area contributed by atoms with Crippen LogP contribution in [-0.4, -0.2) is 37.5 Å². The Morgan fingerprint density at radius 1 is 1.20 bits per heavy atom. The van der Waals surface area contributed by atoms with Crippen LogP contribution in [0.5, 0.6) is 0 Å². The molecule has 0 bridgehead atoms. The minimum atomic E-state index is -0.278. The van der Waals surface area contributed by atoms with Crippen LogP contribution >= 0.6 is 0 Å². The van der Waals surface area contributed by atoms with E-state index in [1.807, 2.05) is 30.3 Å². The highest BCUT2D eigenvalue weighted by Crippen LogP contribution is 2.14. The first-order chi connectivity index (χ1) is 12.3. The fourth-order valence-electron chi connectivity index (χ4n) is 2.37. The zero-order valence-electron chi connectivity index (χ0n) is 14.0. The Morgan fingerprint density at radius 3 is 2.76 bits per heavy atom. The summed E-state index contributed by atoms with van der Waals surface area (Å²) in [4.78, 5) is 26.8. The van der Waals surface area contributed by atoms with Gasteiger partial charge >= 0.3 is 11.8 Å². The standard InChI is InChI=1S/C18H19N5O2/c1-2-3-11-23(13-14-7-5-4-6-8-14)18(24)17-21-16(22-25-17)15-12-19-9-10-20-15/h4-10,12H,2-3,11,13H2,1H3. The Bertz CT molecular complexity index is 805. The Morgan fingerprint density at radius 2 is 2.04 bits per heavy atom. The third-order valence-corrected chi connectivity index (χ3v) is 3.69. The van der Waals surface area contributed by atoms with E-state index in [4.69, 9.17) is 4.52 Å². The summed E-state index contributed by atoms with van der Waals surface area (Å²) in [6.07, 6.45) is 6.52. The summed E-state index contributed by atoms with van der Waals surface area (Å²) >= 11 is 0. The molecule has 7 nitrogen and oxygen atoms in total. The summed E-state index contributed by atoms with van der Waals surface area (Å²) in [5.41, 5.74) is 1.52. The van der Waals surface area contributed by atoms with Crippen molar-refractivity contribution in [2.75, 3.05) is 6.54 Å². The van der Waals surface area contributed by atoms with Crippen LogP contribution < -0.4 is 0 Å². The third kappa shape index (κ3) is 4.26. The lowest BCUT2D eigenvalue weighted by Gasteiger charge is -2.20. The number of nitrogens with zero attached hydrogens (tertiary/aromatic N) is 5. The SMILES string of the molecule is CCCCN(Cc1ccccc1)C(=O)c1nc(-c2cnccn2)no1. The van der Waals surface area contributed by atoms with Gasteiger partial charge in [-0.25, -0.2) is 4.98 Å². The highest BCUT2D eigenvalue weighted by atomic mass is 16.5. The first-order valence-electron chi connectivity index (χ1n) is 8.21. The maximum atomic E-state index is 12.8. The largest absolute Gasteiger partial charge is 0.330 e. The van der Waals surface area contributed by atoms with Crippen molar-refractivity contribution in [1.29, 1.82) is 0 Å². The summed E-state index contributed by atoms with van der Waals surface area (Å²) in [5.74, 6) is -0.0563. The number of amides is 1. The van der Waals surface area contributed by atoms with E-state index >= 15 is 0 Å². The van der Waals surface area contributed by atoms with Gasteiger partial charge in [-0.1, -0.05) is 48.8 Å². The molecule has 0 unspecified atom stereocenters. The molecule has 7 heteroatoms. The van der Waals surface area contributed by atoms with Crippen molar-refractivity contribution >= 4 is 5.91 Å². The molecule has 0 aliphatic rings. The number of unbranched alkanes of at least 4 members (excludes halogenated alkanes) is 1. The van der Waals surface area contributed by atoms with Crippen molar-refractivity contribution in [3.63, 3.8) is 0 Å². The minimum absolute atomic E-state index is 0.0345. The Balaban J connectivity index is 1.78. The number of carbonyl (C=O) groups excluding carboxylic acids is 1. The minimum Gasteiger partial charge on any atom is -0.330 e. The highest BCUT2D eigenvalue weighted by Gasteiger charge is 2.23. The summed E-state index contributed by atoms with van der Waals surface area (Å²) in [6, 6.07) is 9.84. The molecular weight excluding hydrogens is 318 g/mol. The van der Waals surface area contributed by atoms with Crippen LogP contribution in [0.25, 0.3) is 11.5 Å². The maximum Gasteiger partial charge on any atom is 0.316 e. The van der Waals surface area contributed by atoms with E-state index in [0.717, 1.165) is 18.4 Å². The highest BCUT2D eigenvalue weighted by molar-refractivity contribution is 5.89. The van der Waals surface area contributed by atoms with Crippen LogP contribution in [0.4, 0.5) is 0 Å². The molecule has 3 rings (SSSR count). The normalized spacial score (nSPS) is 10.6. The topological polar surface area (TPSA) is 85.0 Å². The molecule has 0 radical (unpaired) electrons. The molecule has 0 saturated heterocycles. The summed E-state index contributed by atoms with van der Waals surface area (Å²) in [7, 11) is 0. The van der Waals surface area contributed by atoms with Crippen LogP contribution in [-0.2, 0) is 6.54 Å². The van der Waals surface area contributed by atoms with Crippen LogP contribution in [0, 0.1) is 0 Å². The van der Waals surface area contributed by atoms with E-state index in [-0.39, 0.29) is 17.6 Å². The Hall–Kier alpha value is -3.09. The maximum absolute atomic E-state index is 12.8. The number of carbonyl (C=O) groups is 1. The fourth-order valence-corrected chi connectivity index (χ4v) is 2.37. The van der Waals surface area contributed by atoms with E-state index in [2.05, 4.69) is 27.0 Å². The Kier molecular flexibility index (Phi) is 5.46. The summed E-state index contributed by atoms with van der Waals surface area (Å²) < 4.78 is 5.16. The fraction of sp³-hybridized carbons (Fsp3) is 0.278. The molecule has 2 aromatic heterocycles. The lowest BCUT2D eigenvalue weighted by Crippen LogP contribution is -2.31. The number of benzene rings is 1. The monoisotopic (exact) mass is 337 g/mol. The van der Waals surface area contributed by atoms with Gasteiger partial charge in [0.25, 0.3) is 0 Å². The van der Waals surface area contributed by atoms with Gasteiger partial charge in [0.05, 0.1) is 6.20 Å². The van der Waals surface area contributed by atoms with Crippen molar-refractivity contribution < 1.29 is 9.32 Å². The molecule has 2 heterocycles. The molecule has 1 aromatic carbocycles. The molecular formula is C18H19N5O2. The van der Waals surface area contributed by atoms with E-state index in [1.54, 1.807) is 11.1 Å². The molecule has 1 amide bonds. The third-order valence-electron chi connectivity index (χ3n) is 3.69. The smallest absolute Gasteiger partial charge is 0.316 e. The molecule has 0 N–H and O–H groups in total. The van der Waals surface area contributed by atoms with E-state index in [1.165, 1.54) is 12.4 Å². The van der Waals surface area contributed by atoms with Gasteiger partial charge in [0.2, 0.25) is 5.82 Å². The van der Waals surface area contributed by atoms with Crippen LogP contribution in [0.2, 0.25) is 0 Å². The van der Waals surface area contributed by atoms with Gasteiger partial charge in [-0.2, -0.15) is 4.98 Å². The molecule has 0 aliphatic carbocycles. The second kappa shape index (κ2) is 8.14. The van der Waals surface area contributed by atoms with E-state index in [9.17, 15) is 4.79 Å². The average Bonchev–Trinajstić information content (AvgIpc) is 3.16. The number of hydrogen-bond acceptors (Lipinski definition) is 6. The lowest BCUT2D eigenvalue weighted by molar-refractivity contribution is 0.0690. The zero-order valence-corrected chi connectivity index (χ0v) is 14.0. The predicted octanol–water partition coefficient (Wildman–Crippen LogP) is 2.97. The summed E-state index contributed by atoms with van der Waals surface area (Å²) in [6.45, 7) is 3.22. The quantitative estimate of drug-likeness (QED) is 0.659. The van der Waals surface area contributed by atoms with E-state index in [0.29, 0.717) is 18.8 Å². The molecule has 0 spiro atoms. The number of rotatable bonds is 7. The second-order valence-corrected chi connectivity index (χ2v) is 5.58. The molecule has 128 valence electrons. The van der Waals surface area contributed by atoms with Crippen molar-refractivity contribution in [2.45, 2.75) is 26.3 Å². The number of aromatic nitrogens is 4. The van der Waals surface area contributed by atoms with Crippen LogP contribution in [0.15, 0.2) is 53.4 Å². The average molecular weight is 337 g/mol. The van der Waals surface area contributed by atoms with Crippen molar-refractivity contribution in [3.05, 3.63) is 60.4 Å². The number of hydrogen-bond donors (Lipinski definition) is 0. The van der Waals surface area contributed by atoms with Gasteiger partial charge in [-0.05, 0) is 12.0 Å². The van der Waals surface area contributed by atoms with E-state index < -0.39 is 0 Å². The van der Waals surface area contributed by atoms with Crippen molar-refractivity contribution in [2.24, 2.45) is 0 Å². The van der Waals surface area contributed by atoms with Gasteiger partial charge < -0.3 is 9.42 Å². The Labute approximate surface area is 145 Å². The van der Waals surface area contributed by atoms with Gasteiger partial charge in [-0.15, -0.1) is 0 Å². The van der Waals surface area contributed by atoms with Gasteiger partial charge in [0, 0.05) is 25.5 Å². The molecule has 0 atom stereocenters. The summed E-state index contributed by atoms with van der Waals surface area (Å²) in [5, 5.41) is 3.84. The van der Waals surface area contributed by atoms with Crippen LogP contribution in [0.3, 0.4) is 0 Å². The van der Waals surface area contributed by atoms with Gasteiger partial charge in [0.1, 0.15) is 5.69 Å². The van der Waals surface area contributed by atoms with Gasteiger partial charge in [-0.3, -0.25) is 9.78 Å². The molecule has 0 aliphatic heterocycles. The molecule has 3 aromatic rings. The second-order valence-electron chi connectivity index (χ2n) is 5.58.